The second-order valence-corrected chi connectivity index (χ2v) is 15.9. The predicted octanol–water partition coefficient (Wildman–Crippen LogP) is 11.1. The van der Waals surface area contributed by atoms with Gasteiger partial charge in [0, 0.05) is 12.1 Å². The summed E-state index contributed by atoms with van der Waals surface area (Å²) >= 11 is 0. The van der Waals surface area contributed by atoms with E-state index in [9.17, 15) is 19.3 Å². The molecule has 2 amide bonds. The van der Waals surface area contributed by atoms with Gasteiger partial charge in [-0.25, -0.2) is 9.36 Å². The van der Waals surface area contributed by atoms with Crippen molar-refractivity contribution in [1.82, 2.24) is 10.2 Å². The molecule has 0 fully saturated rings. The molecular formula is C40H65N2O7P. The molecule has 1 unspecified atom stereocenters. The summed E-state index contributed by atoms with van der Waals surface area (Å²) in [6.45, 7) is 7.18. The summed E-state index contributed by atoms with van der Waals surface area (Å²) in [4.78, 5) is 27.0. The highest BCUT2D eigenvalue weighted by molar-refractivity contribution is 7.48. The average molecular weight is 717 g/mol. The zero-order valence-corrected chi connectivity index (χ0v) is 32.2. The fourth-order valence-corrected chi connectivity index (χ4v) is 7.05. The normalized spacial score (nSPS) is 12.5. The summed E-state index contributed by atoms with van der Waals surface area (Å²) in [5.74, 6) is -0.513. The molecule has 50 heavy (non-hydrogen) atoms. The summed E-state index contributed by atoms with van der Waals surface area (Å²) in [5.41, 5.74) is 0.578. The van der Waals surface area contributed by atoms with Crippen LogP contribution in [0.3, 0.4) is 0 Å². The Balaban J connectivity index is 1.84. The van der Waals surface area contributed by atoms with Crippen molar-refractivity contribution >= 4 is 19.8 Å². The Morgan fingerprint density at radius 1 is 0.680 bits per heavy atom. The van der Waals surface area contributed by atoms with E-state index in [1.807, 2.05) is 60.7 Å². The zero-order chi connectivity index (χ0) is 36.5. The van der Waals surface area contributed by atoms with Gasteiger partial charge in [-0.15, -0.1) is 0 Å². The van der Waals surface area contributed by atoms with Crippen molar-refractivity contribution in [2.75, 3.05) is 13.2 Å². The Labute approximate surface area is 302 Å². The van der Waals surface area contributed by atoms with E-state index in [0.717, 1.165) is 35.3 Å². The maximum Gasteiger partial charge on any atom is 0.475 e. The van der Waals surface area contributed by atoms with Crippen LogP contribution in [-0.2, 0) is 36.1 Å². The van der Waals surface area contributed by atoms with Gasteiger partial charge in [-0.05, 0) is 38.3 Å². The number of unbranched alkanes of at least 4 members (excludes halogenated alkanes) is 15. The first-order valence-corrected chi connectivity index (χ1v) is 20.4. The Morgan fingerprint density at radius 3 is 1.46 bits per heavy atom. The number of phosphoric acid groups is 1. The van der Waals surface area contributed by atoms with Gasteiger partial charge in [0.15, 0.2) is 0 Å². The van der Waals surface area contributed by atoms with E-state index < -0.39 is 38.0 Å². The average Bonchev–Trinajstić information content (AvgIpc) is 3.09. The quantitative estimate of drug-likeness (QED) is 0.0665. The number of rotatable bonds is 28. The van der Waals surface area contributed by atoms with E-state index in [1.165, 1.54) is 83.5 Å². The molecule has 2 N–H and O–H groups in total. The number of carbonyl (C=O) groups excluding carboxylic acids is 1. The molecule has 0 saturated heterocycles. The molecule has 0 aliphatic heterocycles. The number of carbonyl (C=O) groups is 2. The smallest absolute Gasteiger partial charge is 0.465 e. The molecule has 9 nitrogen and oxygen atoms in total. The van der Waals surface area contributed by atoms with Crippen molar-refractivity contribution in [3.63, 3.8) is 0 Å². The van der Waals surface area contributed by atoms with Gasteiger partial charge in [-0.2, -0.15) is 0 Å². The van der Waals surface area contributed by atoms with Crippen LogP contribution in [0.25, 0.3) is 0 Å². The lowest BCUT2D eigenvalue weighted by molar-refractivity contribution is -0.129. The highest BCUT2D eigenvalue weighted by atomic mass is 31.2. The van der Waals surface area contributed by atoms with E-state index in [2.05, 4.69) is 12.2 Å². The lowest BCUT2D eigenvalue weighted by Gasteiger charge is -2.38. The van der Waals surface area contributed by atoms with Crippen molar-refractivity contribution < 1.29 is 32.8 Å². The molecule has 0 bridgehead atoms. The Kier molecular flexibility index (Phi) is 22.0. The molecule has 282 valence electrons. The number of nitrogens with one attached hydrogen (secondary N) is 1. The lowest BCUT2D eigenvalue weighted by Crippen LogP contribution is -2.58. The van der Waals surface area contributed by atoms with Gasteiger partial charge in [-0.1, -0.05) is 164 Å². The van der Waals surface area contributed by atoms with Crippen LogP contribution in [0.4, 0.5) is 4.79 Å². The van der Waals surface area contributed by atoms with Crippen LogP contribution in [0.15, 0.2) is 60.7 Å². The van der Waals surface area contributed by atoms with Gasteiger partial charge in [0.2, 0.25) is 5.91 Å². The second-order valence-electron chi connectivity index (χ2n) is 14.2. The molecule has 0 aliphatic rings. The van der Waals surface area contributed by atoms with E-state index >= 15 is 0 Å². The molecular weight excluding hydrogens is 651 g/mol. The number of phosphoric ester groups is 1. The van der Waals surface area contributed by atoms with Crippen LogP contribution in [0.5, 0.6) is 0 Å². The van der Waals surface area contributed by atoms with Crippen molar-refractivity contribution in [3.8, 4) is 0 Å². The molecule has 10 heteroatoms. The monoisotopic (exact) mass is 716 g/mol. The Hall–Kier alpha value is -2.71. The topological polar surface area (TPSA) is 114 Å². The van der Waals surface area contributed by atoms with Crippen molar-refractivity contribution in [2.45, 2.75) is 155 Å². The first-order chi connectivity index (χ1) is 24.1. The highest BCUT2D eigenvalue weighted by Gasteiger charge is 2.40. The minimum atomic E-state index is -4.23. The molecule has 0 spiro atoms. The summed E-state index contributed by atoms with van der Waals surface area (Å²) in [6.07, 6.45) is 18.9. The molecule has 2 rings (SSSR count). The molecule has 0 heterocycles. The molecule has 0 aliphatic carbocycles. The summed E-state index contributed by atoms with van der Waals surface area (Å²) < 4.78 is 31.1. The van der Waals surface area contributed by atoms with E-state index in [4.69, 9.17) is 13.6 Å². The van der Waals surface area contributed by atoms with E-state index in [1.54, 1.807) is 20.8 Å². The summed E-state index contributed by atoms with van der Waals surface area (Å²) in [6, 6.07) is 17.1. The van der Waals surface area contributed by atoms with Gasteiger partial charge in [0.25, 0.3) is 0 Å². The Morgan fingerprint density at radius 2 is 1.08 bits per heavy atom. The number of hydrogen-bond acceptors (Lipinski definition) is 6. The predicted molar refractivity (Wildman–Crippen MR) is 202 cm³/mol. The lowest BCUT2D eigenvalue weighted by atomic mass is 10.0. The third-order valence-corrected chi connectivity index (χ3v) is 10.1. The fourth-order valence-electron chi connectivity index (χ4n) is 5.89. The number of carboxylic acid groups (broad SMARTS) is 1. The molecule has 2 aromatic carbocycles. The third kappa shape index (κ3) is 19.1. The number of benzene rings is 2. The van der Waals surface area contributed by atoms with Gasteiger partial charge < -0.3 is 10.4 Å². The van der Waals surface area contributed by atoms with Crippen LogP contribution in [-0.4, -0.2) is 46.7 Å². The number of amides is 2. The van der Waals surface area contributed by atoms with Crippen LogP contribution < -0.4 is 5.32 Å². The molecule has 1 atom stereocenters. The van der Waals surface area contributed by atoms with Gasteiger partial charge >= 0.3 is 13.9 Å². The van der Waals surface area contributed by atoms with Gasteiger partial charge in [-0.3, -0.25) is 23.3 Å². The van der Waals surface area contributed by atoms with Crippen LogP contribution in [0.1, 0.15) is 142 Å². The highest BCUT2D eigenvalue weighted by Crippen LogP contribution is 2.51. The summed E-state index contributed by atoms with van der Waals surface area (Å²) in [5, 5.41) is 13.0. The molecule has 2 aromatic rings. The van der Waals surface area contributed by atoms with Gasteiger partial charge in [0.1, 0.15) is 6.04 Å². The zero-order valence-electron chi connectivity index (χ0n) is 31.3. The third-order valence-electron chi connectivity index (χ3n) is 8.73. The molecule has 0 saturated carbocycles. The van der Waals surface area contributed by atoms with E-state index in [-0.39, 0.29) is 13.2 Å². The summed E-state index contributed by atoms with van der Waals surface area (Å²) in [7, 11) is -4.23. The fraction of sp³-hybridized carbons (Fsp3) is 0.650. The number of nitrogens with zero attached hydrogens (tertiary/aromatic N) is 1. The SMILES string of the molecule is CCCCCCCCCCCCCCCCCCNC(=O)C(COP(=O)(OCc1ccccc1)OCc1ccccc1)N(C(=O)O)C(C)(C)C. The van der Waals surface area contributed by atoms with Crippen molar-refractivity contribution in [1.29, 1.82) is 0 Å². The first-order valence-electron chi connectivity index (χ1n) is 19.0. The maximum absolute atomic E-state index is 13.9. The maximum atomic E-state index is 13.9. The minimum Gasteiger partial charge on any atom is -0.465 e. The standard InChI is InChI=1S/C40H65N2O7P/c1-5-6-7-8-9-10-11-12-13-14-15-16-17-18-19-26-31-41-38(43)37(42(39(44)45)40(2,3)4)34-49-50(46,47-32-35-27-22-20-23-28-35)48-33-36-29-24-21-25-30-36/h20-25,27-30,37H,5-19,26,31-34H2,1-4H3,(H,41,43)(H,44,45). The molecule has 0 aromatic heterocycles. The van der Waals surface area contributed by atoms with Gasteiger partial charge in [0.05, 0.1) is 19.8 Å². The first kappa shape index (κ1) is 43.5. The van der Waals surface area contributed by atoms with E-state index in [0.29, 0.717) is 6.54 Å². The molecule has 0 radical (unpaired) electrons. The van der Waals surface area contributed by atoms with Crippen LogP contribution >= 0.6 is 7.82 Å². The van der Waals surface area contributed by atoms with Crippen LogP contribution in [0, 0.1) is 0 Å². The van der Waals surface area contributed by atoms with Crippen molar-refractivity contribution in [2.24, 2.45) is 0 Å². The van der Waals surface area contributed by atoms with Crippen molar-refractivity contribution in [3.05, 3.63) is 71.8 Å². The number of hydrogen-bond donors (Lipinski definition) is 2. The largest absolute Gasteiger partial charge is 0.475 e. The second kappa shape index (κ2) is 25.3. The minimum absolute atomic E-state index is 0.0507. The Bertz CT molecular complexity index is 1180. The van der Waals surface area contributed by atoms with Crippen LogP contribution in [0.2, 0.25) is 0 Å².